The first kappa shape index (κ1) is 12.0. The van der Waals surface area contributed by atoms with Gasteiger partial charge in [0.05, 0.1) is 0 Å². The molecule has 0 aromatic heterocycles. The third-order valence-electron chi connectivity index (χ3n) is 6.05. The molecule has 0 unspecified atom stereocenters. The van der Waals surface area contributed by atoms with Gasteiger partial charge >= 0.3 is 0 Å². The van der Waals surface area contributed by atoms with Gasteiger partial charge in [-0.05, 0) is 85.8 Å². The predicted molar refractivity (Wildman–Crippen MR) is 79.0 cm³/mol. The molecule has 5 rings (SSSR count). The van der Waals surface area contributed by atoms with Gasteiger partial charge in [-0.1, -0.05) is 24.3 Å². The quantitative estimate of drug-likeness (QED) is 0.875. The van der Waals surface area contributed by atoms with E-state index < -0.39 is 0 Å². The highest BCUT2D eigenvalue weighted by molar-refractivity contribution is 5.33. The first-order valence-corrected chi connectivity index (χ1v) is 8.13. The molecule has 2 N–H and O–H groups in total. The van der Waals surface area contributed by atoms with Gasteiger partial charge in [0.1, 0.15) is 0 Å². The Hall–Kier alpha value is -0.820. The molecule has 0 heterocycles. The number of nitrogens with two attached hydrogens (primary N) is 1. The third-order valence-corrected chi connectivity index (χ3v) is 6.05. The van der Waals surface area contributed by atoms with E-state index in [1.165, 1.54) is 31.2 Å². The Labute approximate surface area is 116 Å². The van der Waals surface area contributed by atoms with Crippen LogP contribution in [0.4, 0.5) is 0 Å². The normalized spacial score (nSPS) is 39.7. The summed E-state index contributed by atoms with van der Waals surface area (Å²) >= 11 is 0. The number of rotatable bonds is 3. The summed E-state index contributed by atoms with van der Waals surface area (Å²) in [5.74, 6) is 4.96. The van der Waals surface area contributed by atoms with E-state index in [4.69, 9.17) is 5.73 Å². The molecular formula is C18H25N. The van der Waals surface area contributed by atoms with Crippen molar-refractivity contribution in [1.29, 1.82) is 0 Å². The summed E-state index contributed by atoms with van der Waals surface area (Å²) in [6.45, 7) is 0.782. The highest BCUT2D eigenvalue weighted by atomic mass is 14.5. The first-order chi connectivity index (χ1) is 9.35. The highest BCUT2D eigenvalue weighted by Gasteiger charge is 2.48. The van der Waals surface area contributed by atoms with Crippen LogP contribution in [0.3, 0.4) is 0 Å². The van der Waals surface area contributed by atoms with Gasteiger partial charge in [-0.2, -0.15) is 0 Å². The van der Waals surface area contributed by atoms with Gasteiger partial charge in [-0.25, -0.2) is 0 Å². The lowest BCUT2D eigenvalue weighted by atomic mass is 9.50. The minimum atomic E-state index is 0.782. The van der Waals surface area contributed by atoms with Gasteiger partial charge in [0.2, 0.25) is 0 Å². The average molecular weight is 255 g/mol. The maximum Gasteiger partial charge on any atom is -0.00366 e. The van der Waals surface area contributed by atoms with Gasteiger partial charge < -0.3 is 5.73 Å². The van der Waals surface area contributed by atoms with Crippen LogP contribution in [-0.4, -0.2) is 6.54 Å². The molecule has 4 aliphatic carbocycles. The fourth-order valence-electron chi connectivity index (χ4n) is 5.68. The zero-order valence-electron chi connectivity index (χ0n) is 11.7. The molecule has 0 atom stereocenters. The van der Waals surface area contributed by atoms with E-state index in [2.05, 4.69) is 24.3 Å². The van der Waals surface area contributed by atoms with E-state index in [0.29, 0.717) is 0 Å². The van der Waals surface area contributed by atoms with Crippen LogP contribution in [0.5, 0.6) is 0 Å². The van der Waals surface area contributed by atoms with E-state index in [0.717, 1.165) is 42.6 Å². The van der Waals surface area contributed by atoms with Crippen LogP contribution in [0.25, 0.3) is 0 Å². The van der Waals surface area contributed by atoms with Crippen molar-refractivity contribution in [2.24, 2.45) is 29.4 Å². The van der Waals surface area contributed by atoms with E-state index in [-0.39, 0.29) is 0 Å². The molecule has 102 valence electrons. The van der Waals surface area contributed by atoms with Crippen molar-refractivity contribution < 1.29 is 0 Å². The number of benzene rings is 1. The number of hydrogen-bond acceptors (Lipinski definition) is 1. The van der Waals surface area contributed by atoms with Gasteiger partial charge in [0.25, 0.3) is 0 Å². The SMILES string of the molecule is NCCc1ccccc1C1C2CC3CC(C2)CC1C3. The zero-order valence-corrected chi connectivity index (χ0v) is 11.7. The van der Waals surface area contributed by atoms with Crippen molar-refractivity contribution >= 4 is 0 Å². The predicted octanol–water partition coefficient (Wildman–Crippen LogP) is 3.73. The van der Waals surface area contributed by atoms with E-state index in [9.17, 15) is 0 Å². The Morgan fingerprint density at radius 3 is 2.16 bits per heavy atom. The largest absolute Gasteiger partial charge is 0.330 e. The van der Waals surface area contributed by atoms with Crippen LogP contribution in [0.1, 0.15) is 49.1 Å². The van der Waals surface area contributed by atoms with Gasteiger partial charge in [0, 0.05) is 0 Å². The summed E-state index contributed by atoms with van der Waals surface area (Å²) in [6, 6.07) is 9.14. The molecular weight excluding hydrogens is 230 g/mol. The molecule has 4 aliphatic rings. The lowest BCUT2D eigenvalue weighted by Gasteiger charge is -2.55. The maximum atomic E-state index is 5.80. The standard InChI is InChI=1S/C18H25N/c19-6-5-14-3-1-2-4-17(14)18-15-8-12-7-13(10-15)11-16(18)9-12/h1-4,12-13,15-16,18H,5-11,19H2. The monoisotopic (exact) mass is 255 g/mol. The van der Waals surface area contributed by atoms with Crippen molar-refractivity contribution in [3.63, 3.8) is 0 Å². The fourth-order valence-corrected chi connectivity index (χ4v) is 5.68. The molecule has 0 saturated heterocycles. The molecule has 4 bridgehead atoms. The van der Waals surface area contributed by atoms with Crippen LogP contribution in [0.2, 0.25) is 0 Å². The molecule has 1 heteroatoms. The molecule has 0 amide bonds. The zero-order chi connectivity index (χ0) is 12.8. The topological polar surface area (TPSA) is 26.0 Å². The molecule has 4 saturated carbocycles. The fraction of sp³-hybridized carbons (Fsp3) is 0.667. The molecule has 0 radical (unpaired) electrons. The Bertz CT molecular complexity index is 437. The van der Waals surface area contributed by atoms with Gasteiger partial charge in [-0.15, -0.1) is 0 Å². The smallest absolute Gasteiger partial charge is 0.00366 e. The van der Waals surface area contributed by atoms with Gasteiger partial charge in [0.15, 0.2) is 0 Å². The minimum absolute atomic E-state index is 0.782. The summed E-state index contributed by atoms with van der Waals surface area (Å²) in [7, 11) is 0. The molecule has 1 aromatic carbocycles. The van der Waals surface area contributed by atoms with Crippen molar-refractivity contribution in [2.45, 2.75) is 44.4 Å². The second-order valence-corrected chi connectivity index (χ2v) is 7.19. The average Bonchev–Trinajstić information content (AvgIpc) is 2.39. The second-order valence-electron chi connectivity index (χ2n) is 7.19. The van der Waals surface area contributed by atoms with E-state index >= 15 is 0 Å². The van der Waals surface area contributed by atoms with Crippen molar-refractivity contribution in [1.82, 2.24) is 0 Å². The minimum Gasteiger partial charge on any atom is -0.330 e. The first-order valence-electron chi connectivity index (χ1n) is 8.13. The summed E-state index contributed by atoms with van der Waals surface area (Å²) in [6.07, 6.45) is 8.63. The summed E-state index contributed by atoms with van der Waals surface area (Å²) in [5.41, 5.74) is 8.99. The second kappa shape index (κ2) is 4.63. The third kappa shape index (κ3) is 1.94. The highest BCUT2D eigenvalue weighted by Crippen LogP contribution is 2.60. The lowest BCUT2D eigenvalue weighted by molar-refractivity contribution is -0.00304. The van der Waals surface area contributed by atoms with Crippen LogP contribution in [0, 0.1) is 23.7 Å². The van der Waals surface area contributed by atoms with Crippen LogP contribution >= 0.6 is 0 Å². The molecule has 4 fully saturated rings. The van der Waals surface area contributed by atoms with Crippen molar-refractivity contribution in [3.8, 4) is 0 Å². The molecule has 0 aliphatic heterocycles. The van der Waals surface area contributed by atoms with Gasteiger partial charge in [-0.3, -0.25) is 0 Å². The molecule has 1 nitrogen and oxygen atoms in total. The Kier molecular flexibility index (Phi) is 2.91. The Morgan fingerprint density at radius 2 is 1.53 bits per heavy atom. The maximum absolute atomic E-state index is 5.80. The van der Waals surface area contributed by atoms with E-state index in [1.807, 2.05) is 0 Å². The molecule has 0 spiro atoms. The summed E-state index contributed by atoms with van der Waals surface area (Å²) in [5, 5.41) is 0. The van der Waals surface area contributed by atoms with E-state index in [1.54, 1.807) is 12.0 Å². The lowest BCUT2D eigenvalue weighted by Crippen LogP contribution is -2.44. The Morgan fingerprint density at radius 1 is 0.895 bits per heavy atom. The summed E-state index contributed by atoms with van der Waals surface area (Å²) in [4.78, 5) is 0. The Balaban J connectivity index is 1.69. The number of hydrogen-bond donors (Lipinski definition) is 1. The van der Waals surface area contributed by atoms with Crippen LogP contribution in [0.15, 0.2) is 24.3 Å². The van der Waals surface area contributed by atoms with Crippen molar-refractivity contribution in [2.75, 3.05) is 6.54 Å². The molecule has 19 heavy (non-hydrogen) atoms. The van der Waals surface area contributed by atoms with Crippen LogP contribution in [-0.2, 0) is 6.42 Å². The molecule has 1 aromatic rings. The summed E-state index contributed by atoms with van der Waals surface area (Å²) < 4.78 is 0. The van der Waals surface area contributed by atoms with Crippen LogP contribution < -0.4 is 5.73 Å². The van der Waals surface area contributed by atoms with Crippen molar-refractivity contribution in [3.05, 3.63) is 35.4 Å².